The van der Waals surface area contributed by atoms with Crippen molar-refractivity contribution in [3.63, 3.8) is 0 Å². The zero-order valence-electron chi connectivity index (χ0n) is 17.6. The monoisotopic (exact) mass is 429 g/mol. The molecular weight excluding hydrogens is 401 g/mol. The van der Waals surface area contributed by atoms with Crippen molar-refractivity contribution in [2.75, 3.05) is 19.6 Å². The highest BCUT2D eigenvalue weighted by Crippen LogP contribution is 2.22. The van der Waals surface area contributed by atoms with E-state index < -0.39 is 6.04 Å². The van der Waals surface area contributed by atoms with Gasteiger partial charge >= 0.3 is 5.69 Å². The number of nitrogens with one attached hydrogen (secondary N) is 1. The molecule has 0 saturated carbocycles. The van der Waals surface area contributed by atoms with Crippen molar-refractivity contribution < 1.29 is 14.0 Å². The number of nitrogens with zero attached hydrogens (tertiary/aromatic N) is 4. The number of halogens is 1. The van der Waals surface area contributed by atoms with Crippen LogP contribution in [0.4, 0.5) is 4.39 Å². The molecule has 9 heteroatoms. The summed E-state index contributed by atoms with van der Waals surface area (Å²) in [5.74, 6) is 0.223. The third-order valence-corrected chi connectivity index (χ3v) is 5.98. The molecule has 0 aliphatic carbocycles. The van der Waals surface area contributed by atoms with Crippen LogP contribution in [-0.2, 0) is 22.6 Å². The van der Waals surface area contributed by atoms with E-state index in [2.05, 4.69) is 10.4 Å². The van der Waals surface area contributed by atoms with E-state index in [4.69, 9.17) is 0 Å². The Morgan fingerprint density at radius 1 is 1.19 bits per heavy atom. The maximum Gasteiger partial charge on any atom is 0.346 e. The molecule has 2 amide bonds. The first-order valence-electron chi connectivity index (χ1n) is 11.0. The lowest BCUT2D eigenvalue weighted by Gasteiger charge is -2.18. The average molecular weight is 429 g/mol. The van der Waals surface area contributed by atoms with Gasteiger partial charge < -0.3 is 10.2 Å². The Morgan fingerprint density at radius 3 is 2.84 bits per heavy atom. The smallest absolute Gasteiger partial charge is 0.346 e. The van der Waals surface area contributed by atoms with E-state index in [-0.39, 0.29) is 29.9 Å². The van der Waals surface area contributed by atoms with Gasteiger partial charge in [-0.15, -0.1) is 0 Å². The number of hydrogen-bond donors (Lipinski definition) is 1. The molecule has 1 atom stereocenters. The molecule has 8 nitrogen and oxygen atoms in total. The van der Waals surface area contributed by atoms with E-state index in [1.165, 1.54) is 21.4 Å². The van der Waals surface area contributed by atoms with Gasteiger partial charge in [0.1, 0.15) is 17.7 Å². The number of amides is 2. The molecule has 1 aromatic carbocycles. The van der Waals surface area contributed by atoms with Gasteiger partial charge in [0.15, 0.2) is 0 Å². The summed E-state index contributed by atoms with van der Waals surface area (Å²) in [6.45, 7) is 2.05. The fourth-order valence-corrected chi connectivity index (χ4v) is 4.40. The number of benzene rings is 1. The van der Waals surface area contributed by atoms with Crippen LogP contribution in [0.3, 0.4) is 0 Å². The fraction of sp³-hybridized carbons (Fsp3) is 0.545. The van der Waals surface area contributed by atoms with E-state index in [0.29, 0.717) is 50.2 Å². The normalized spacial score (nSPS) is 18.7. The van der Waals surface area contributed by atoms with Crippen LogP contribution in [0.1, 0.15) is 56.0 Å². The number of aromatic nitrogens is 3. The lowest BCUT2D eigenvalue weighted by Crippen LogP contribution is -2.39. The molecule has 166 valence electrons. The Hall–Kier alpha value is -2.97. The van der Waals surface area contributed by atoms with Gasteiger partial charge in [0.05, 0.1) is 6.54 Å². The second-order valence-electron chi connectivity index (χ2n) is 8.25. The lowest BCUT2D eigenvalue weighted by molar-refractivity contribution is -0.127. The van der Waals surface area contributed by atoms with Crippen molar-refractivity contribution >= 4 is 11.8 Å². The van der Waals surface area contributed by atoms with E-state index in [1.807, 2.05) is 4.90 Å². The van der Waals surface area contributed by atoms with Crippen molar-refractivity contribution in [1.29, 1.82) is 0 Å². The molecule has 1 aromatic heterocycles. The molecule has 1 N–H and O–H groups in total. The van der Waals surface area contributed by atoms with Gasteiger partial charge in [0.25, 0.3) is 0 Å². The maximum atomic E-state index is 13.5. The number of aryl methyl sites for hydroxylation is 1. The van der Waals surface area contributed by atoms with Crippen molar-refractivity contribution in [1.82, 2.24) is 24.6 Å². The van der Waals surface area contributed by atoms with Crippen LogP contribution in [0, 0.1) is 5.82 Å². The van der Waals surface area contributed by atoms with Gasteiger partial charge in [-0.25, -0.2) is 13.9 Å². The highest BCUT2D eigenvalue weighted by atomic mass is 19.1. The average Bonchev–Trinajstić information content (AvgIpc) is 3.20. The number of rotatable bonds is 7. The topological polar surface area (TPSA) is 89.2 Å². The van der Waals surface area contributed by atoms with Gasteiger partial charge in [-0.2, -0.15) is 5.10 Å². The number of hydrogen-bond acceptors (Lipinski definition) is 4. The quantitative estimate of drug-likeness (QED) is 0.678. The number of likely N-dealkylation sites (tertiary alicyclic amines) is 1. The summed E-state index contributed by atoms with van der Waals surface area (Å²) >= 11 is 0. The minimum absolute atomic E-state index is 0.162. The summed E-state index contributed by atoms with van der Waals surface area (Å²) in [6, 6.07) is 5.48. The van der Waals surface area contributed by atoms with Crippen LogP contribution >= 0.6 is 0 Å². The number of carbonyl (C=O) groups is 2. The molecule has 3 heterocycles. The van der Waals surface area contributed by atoms with Gasteiger partial charge in [-0.1, -0.05) is 18.6 Å². The molecule has 0 bridgehead atoms. The molecule has 1 fully saturated rings. The molecule has 2 aliphatic heterocycles. The van der Waals surface area contributed by atoms with Crippen molar-refractivity contribution in [3.05, 3.63) is 52.0 Å². The highest BCUT2D eigenvalue weighted by molar-refractivity contribution is 5.80. The van der Waals surface area contributed by atoms with Crippen molar-refractivity contribution in [2.24, 2.45) is 0 Å². The summed E-state index contributed by atoms with van der Waals surface area (Å²) in [5, 5.41) is 7.38. The molecule has 1 unspecified atom stereocenters. The first-order valence-corrected chi connectivity index (χ1v) is 11.0. The van der Waals surface area contributed by atoms with E-state index in [0.717, 1.165) is 25.8 Å². The maximum absolute atomic E-state index is 13.5. The third kappa shape index (κ3) is 4.86. The zero-order valence-corrected chi connectivity index (χ0v) is 17.6. The lowest BCUT2D eigenvalue weighted by atomic mass is 10.1. The highest BCUT2D eigenvalue weighted by Gasteiger charge is 2.29. The Labute approximate surface area is 180 Å². The van der Waals surface area contributed by atoms with Crippen LogP contribution < -0.4 is 11.0 Å². The summed E-state index contributed by atoms with van der Waals surface area (Å²) in [7, 11) is 0. The SMILES string of the molecule is O=C(NCCCN1CCCC1=O)C1CCCCc2nn(Cc3cccc(F)c3)c(=O)n21. The minimum atomic E-state index is -0.598. The molecule has 1 saturated heterocycles. The van der Waals surface area contributed by atoms with Crippen LogP contribution in [0.2, 0.25) is 0 Å². The number of carbonyl (C=O) groups excluding carboxylic acids is 2. The van der Waals surface area contributed by atoms with E-state index >= 15 is 0 Å². The predicted octanol–water partition coefficient (Wildman–Crippen LogP) is 1.63. The molecule has 2 aliphatic rings. The van der Waals surface area contributed by atoms with Gasteiger partial charge in [-0.05, 0) is 43.4 Å². The minimum Gasteiger partial charge on any atom is -0.354 e. The Kier molecular flexibility index (Phi) is 6.48. The standard InChI is InChI=1S/C22H28FN5O3/c23-17-7-3-6-16(14-17)15-27-22(31)28-18(8-1-2-9-19(28)25-27)21(30)24-11-5-13-26-12-4-10-20(26)29/h3,6-7,14,18H,1-2,4-5,8-13,15H2,(H,24,30). The second-order valence-corrected chi connectivity index (χ2v) is 8.25. The first-order chi connectivity index (χ1) is 15.0. The molecular formula is C22H28FN5O3. The third-order valence-electron chi connectivity index (χ3n) is 5.98. The largest absolute Gasteiger partial charge is 0.354 e. The second kappa shape index (κ2) is 9.45. The number of fused-ring (bicyclic) bond motifs is 1. The van der Waals surface area contributed by atoms with Crippen LogP contribution in [0.5, 0.6) is 0 Å². The van der Waals surface area contributed by atoms with Gasteiger partial charge in [-0.3, -0.25) is 14.2 Å². The summed E-state index contributed by atoms with van der Waals surface area (Å²) in [4.78, 5) is 39.5. The van der Waals surface area contributed by atoms with Crippen LogP contribution in [0.25, 0.3) is 0 Å². The molecule has 31 heavy (non-hydrogen) atoms. The van der Waals surface area contributed by atoms with E-state index in [9.17, 15) is 18.8 Å². The predicted molar refractivity (Wildman–Crippen MR) is 112 cm³/mol. The Bertz CT molecular complexity index is 1010. The Balaban J connectivity index is 1.43. The Morgan fingerprint density at radius 2 is 2.06 bits per heavy atom. The van der Waals surface area contributed by atoms with Crippen LogP contribution in [0.15, 0.2) is 29.1 Å². The molecule has 4 rings (SSSR count). The summed E-state index contributed by atoms with van der Waals surface area (Å²) in [6.07, 6.45) is 5.11. The molecule has 0 spiro atoms. The van der Waals surface area contributed by atoms with Crippen molar-refractivity contribution in [2.45, 2.75) is 57.5 Å². The van der Waals surface area contributed by atoms with E-state index in [1.54, 1.807) is 12.1 Å². The van der Waals surface area contributed by atoms with Crippen LogP contribution in [-0.4, -0.2) is 50.7 Å². The molecule has 0 radical (unpaired) electrons. The van der Waals surface area contributed by atoms with Crippen molar-refractivity contribution in [3.8, 4) is 0 Å². The summed E-state index contributed by atoms with van der Waals surface area (Å²) in [5.41, 5.74) is 0.303. The van der Waals surface area contributed by atoms with Gasteiger partial charge in [0.2, 0.25) is 11.8 Å². The zero-order chi connectivity index (χ0) is 21.8. The van der Waals surface area contributed by atoms with Gasteiger partial charge in [0, 0.05) is 32.5 Å². The molecule has 2 aromatic rings. The summed E-state index contributed by atoms with van der Waals surface area (Å²) < 4.78 is 16.3. The fourth-order valence-electron chi connectivity index (χ4n) is 4.40. The first kappa shape index (κ1) is 21.3.